The second-order valence-electron chi connectivity index (χ2n) is 4.43. The molecule has 0 aliphatic carbocycles. The maximum absolute atomic E-state index is 5.71. The minimum absolute atomic E-state index is 0.0444. The molecular formula is C12H16N2OS. The first-order valence-corrected chi connectivity index (χ1v) is 6.08. The number of nitrogens with zero attached hydrogens (tertiary/aromatic N) is 1. The molecule has 0 bridgehead atoms. The van der Waals surface area contributed by atoms with Crippen molar-refractivity contribution >= 4 is 22.9 Å². The second kappa shape index (κ2) is 4.11. The molecule has 0 aliphatic rings. The molecule has 0 amide bonds. The number of aryl methyl sites for hydroxylation is 1. The van der Waals surface area contributed by atoms with Crippen LogP contribution in [0, 0.1) is 6.92 Å². The Balaban J connectivity index is 2.32. The van der Waals surface area contributed by atoms with Crippen molar-refractivity contribution < 1.29 is 4.42 Å². The van der Waals surface area contributed by atoms with Gasteiger partial charge in [0.15, 0.2) is 11.5 Å². The van der Waals surface area contributed by atoms with Gasteiger partial charge in [-0.3, -0.25) is 0 Å². The molecule has 86 valence electrons. The predicted molar refractivity (Wildman–Crippen MR) is 67.7 cm³/mol. The molecule has 2 N–H and O–H groups in total. The number of benzene rings is 1. The summed E-state index contributed by atoms with van der Waals surface area (Å²) in [5.74, 6) is 0.704. The maximum atomic E-state index is 5.71. The standard InChI is InChI=1S/C12H16N2OS/c1-8-14-10-5-4-9(6-11(10)15-8)16-12(2,3)7-13/h4-6H,7,13H2,1-3H3. The third kappa shape index (κ3) is 2.39. The fourth-order valence-corrected chi connectivity index (χ4v) is 2.47. The summed E-state index contributed by atoms with van der Waals surface area (Å²) in [4.78, 5) is 5.44. The van der Waals surface area contributed by atoms with Crippen molar-refractivity contribution in [2.75, 3.05) is 6.54 Å². The molecule has 0 saturated heterocycles. The Morgan fingerprint density at radius 3 is 2.88 bits per heavy atom. The van der Waals surface area contributed by atoms with E-state index in [1.54, 1.807) is 11.8 Å². The highest BCUT2D eigenvalue weighted by Gasteiger charge is 2.17. The minimum atomic E-state index is 0.0444. The predicted octanol–water partition coefficient (Wildman–Crippen LogP) is 2.97. The molecular weight excluding hydrogens is 220 g/mol. The fourth-order valence-electron chi connectivity index (χ4n) is 1.44. The molecule has 2 rings (SSSR count). The van der Waals surface area contributed by atoms with Crippen molar-refractivity contribution in [3.8, 4) is 0 Å². The third-order valence-corrected chi connectivity index (χ3v) is 3.56. The van der Waals surface area contributed by atoms with E-state index in [-0.39, 0.29) is 4.75 Å². The molecule has 1 heterocycles. The van der Waals surface area contributed by atoms with Gasteiger partial charge >= 0.3 is 0 Å². The van der Waals surface area contributed by atoms with Crippen LogP contribution in [-0.2, 0) is 0 Å². The Morgan fingerprint density at radius 1 is 1.44 bits per heavy atom. The Hall–Kier alpha value is -1.00. The summed E-state index contributed by atoms with van der Waals surface area (Å²) in [5.41, 5.74) is 7.47. The van der Waals surface area contributed by atoms with Crippen LogP contribution in [0.4, 0.5) is 0 Å². The lowest BCUT2D eigenvalue weighted by Crippen LogP contribution is -2.26. The molecule has 3 nitrogen and oxygen atoms in total. The van der Waals surface area contributed by atoms with E-state index in [1.165, 1.54) is 4.90 Å². The van der Waals surface area contributed by atoms with Crippen molar-refractivity contribution in [2.45, 2.75) is 30.4 Å². The Morgan fingerprint density at radius 2 is 2.19 bits per heavy atom. The van der Waals surface area contributed by atoms with Crippen LogP contribution < -0.4 is 5.73 Å². The van der Waals surface area contributed by atoms with Gasteiger partial charge in [-0.1, -0.05) is 0 Å². The maximum Gasteiger partial charge on any atom is 0.192 e. The zero-order valence-corrected chi connectivity index (χ0v) is 10.6. The SMILES string of the molecule is Cc1nc2ccc(SC(C)(C)CN)cc2o1. The molecule has 1 aromatic heterocycles. The zero-order valence-electron chi connectivity index (χ0n) is 9.78. The van der Waals surface area contributed by atoms with Gasteiger partial charge in [-0.05, 0) is 32.0 Å². The van der Waals surface area contributed by atoms with Crippen molar-refractivity contribution in [2.24, 2.45) is 5.73 Å². The molecule has 0 aliphatic heterocycles. The van der Waals surface area contributed by atoms with E-state index < -0.39 is 0 Å². The van der Waals surface area contributed by atoms with E-state index in [9.17, 15) is 0 Å². The highest BCUT2D eigenvalue weighted by atomic mass is 32.2. The molecule has 0 unspecified atom stereocenters. The molecule has 0 fully saturated rings. The monoisotopic (exact) mass is 236 g/mol. The summed E-state index contributed by atoms with van der Waals surface area (Å²) < 4.78 is 5.55. The topological polar surface area (TPSA) is 52.0 Å². The van der Waals surface area contributed by atoms with E-state index in [1.807, 2.05) is 19.1 Å². The van der Waals surface area contributed by atoms with Crippen LogP contribution >= 0.6 is 11.8 Å². The summed E-state index contributed by atoms with van der Waals surface area (Å²) in [6.45, 7) is 6.77. The van der Waals surface area contributed by atoms with Crippen LogP contribution in [0.15, 0.2) is 27.5 Å². The largest absolute Gasteiger partial charge is 0.441 e. The zero-order chi connectivity index (χ0) is 11.8. The molecule has 0 saturated carbocycles. The summed E-state index contributed by atoms with van der Waals surface area (Å²) in [5, 5.41) is 0. The second-order valence-corrected chi connectivity index (χ2v) is 6.21. The average Bonchev–Trinajstić information content (AvgIpc) is 2.57. The van der Waals surface area contributed by atoms with Crippen LogP contribution in [0.3, 0.4) is 0 Å². The van der Waals surface area contributed by atoms with Crippen LogP contribution in [-0.4, -0.2) is 16.3 Å². The number of nitrogens with two attached hydrogens (primary N) is 1. The molecule has 2 aromatic rings. The first-order chi connectivity index (χ1) is 7.50. The Labute approximate surface area is 99.4 Å². The van der Waals surface area contributed by atoms with Crippen LogP contribution in [0.2, 0.25) is 0 Å². The molecule has 1 aromatic carbocycles. The lowest BCUT2D eigenvalue weighted by atomic mass is 10.2. The van der Waals surface area contributed by atoms with Crippen molar-refractivity contribution in [3.63, 3.8) is 0 Å². The molecule has 16 heavy (non-hydrogen) atoms. The molecule has 0 atom stereocenters. The smallest absolute Gasteiger partial charge is 0.192 e. The van der Waals surface area contributed by atoms with Gasteiger partial charge in [0.25, 0.3) is 0 Å². The number of oxazole rings is 1. The molecule has 4 heteroatoms. The summed E-state index contributed by atoms with van der Waals surface area (Å²) >= 11 is 1.76. The number of fused-ring (bicyclic) bond motifs is 1. The summed E-state index contributed by atoms with van der Waals surface area (Å²) in [6, 6.07) is 6.07. The fraction of sp³-hybridized carbons (Fsp3) is 0.417. The van der Waals surface area contributed by atoms with Gasteiger partial charge < -0.3 is 10.2 Å². The number of hydrogen-bond donors (Lipinski definition) is 1. The van der Waals surface area contributed by atoms with Crippen LogP contribution in [0.25, 0.3) is 11.1 Å². The van der Waals surface area contributed by atoms with E-state index in [4.69, 9.17) is 10.2 Å². The average molecular weight is 236 g/mol. The lowest BCUT2D eigenvalue weighted by Gasteiger charge is -2.21. The first-order valence-electron chi connectivity index (χ1n) is 5.26. The van der Waals surface area contributed by atoms with Crippen LogP contribution in [0.5, 0.6) is 0 Å². The van der Waals surface area contributed by atoms with Crippen LogP contribution in [0.1, 0.15) is 19.7 Å². The van der Waals surface area contributed by atoms with Gasteiger partial charge in [0.2, 0.25) is 0 Å². The summed E-state index contributed by atoms with van der Waals surface area (Å²) in [6.07, 6.45) is 0. The highest BCUT2D eigenvalue weighted by molar-refractivity contribution is 8.00. The highest BCUT2D eigenvalue weighted by Crippen LogP contribution is 2.33. The number of aromatic nitrogens is 1. The van der Waals surface area contributed by atoms with Gasteiger partial charge in [0.1, 0.15) is 5.52 Å². The van der Waals surface area contributed by atoms with E-state index in [0.29, 0.717) is 12.4 Å². The molecule has 0 radical (unpaired) electrons. The Kier molecular flexibility index (Phi) is 2.95. The van der Waals surface area contributed by atoms with Crippen molar-refractivity contribution in [3.05, 3.63) is 24.1 Å². The minimum Gasteiger partial charge on any atom is -0.441 e. The lowest BCUT2D eigenvalue weighted by molar-refractivity contribution is 0.560. The number of hydrogen-bond acceptors (Lipinski definition) is 4. The molecule has 0 spiro atoms. The van der Waals surface area contributed by atoms with E-state index in [0.717, 1.165) is 11.1 Å². The van der Waals surface area contributed by atoms with Crippen molar-refractivity contribution in [1.82, 2.24) is 4.98 Å². The quantitative estimate of drug-likeness (QED) is 0.832. The number of thioether (sulfide) groups is 1. The van der Waals surface area contributed by atoms with Gasteiger partial charge in [-0.2, -0.15) is 0 Å². The van der Waals surface area contributed by atoms with E-state index >= 15 is 0 Å². The summed E-state index contributed by atoms with van der Waals surface area (Å²) in [7, 11) is 0. The van der Waals surface area contributed by atoms with Gasteiger partial charge in [0.05, 0.1) is 0 Å². The first kappa shape index (κ1) is 11.5. The van der Waals surface area contributed by atoms with Gasteiger partial charge in [-0.15, -0.1) is 11.8 Å². The number of rotatable bonds is 3. The third-order valence-electron chi connectivity index (χ3n) is 2.35. The normalized spacial score (nSPS) is 12.2. The Bertz CT molecular complexity index is 505. The van der Waals surface area contributed by atoms with Gasteiger partial charge in [-0.25, -0.2) is 4.98 Å². The van der Waals surface area contributed by atoms with Crippen molar-refractivity contribution in [1.29, 1.82) is 0 Å². The van der Waals surface area contributed by atoms with Gasteiger partial charge in [0, 0.05) is 23.1 Å². The van der Waals surface area contributed by atoms with E-state index in [2.05, 4.69) is 24.9 Å².